The molecule has 9 heteroatoms. The van der Waals surface area contributed by atoms with Crippen molar-refractivity contribution in [3.63, 3.8) is 0 Å². The molecule has 31 heavy (non-hydrogen) atoms. The van der Waals surface area contributed by atoms with Gasteiger partial charge >= 0.3 is 11.8 Å². The average Bonchev–Trinajstić information content (AvgIpc) is 3.38. The summed E-state index contributed by atoms with van der Waals surface area (Å²) in [6, 6.07) is 13.3. The molecular weight excluding hydrogens is 480 g/mol. The van der Waals surface area contributed by atoms with Crippen molar-refractivity contribution in [2.75, 3.05) is 5.32 Å². The molecule has 0 fully saturated rings. The van der Waals surface area contributed by atoms with Gasteiger partial charge in [0.1, 0.15) is 22.6 Å². The minimum atomic E-state index is -0.925. The minimum Gasteiger partial charge on any atom is -0.455 e. The predicted molar refractivity (Wildman–Crippen MR) is 122 cm³/mol. The number of carbonyl (C=O) groups is 2. The number of hydrazone groups is 1. The zero-order valence-corrected chi connectivity index (χ0v) is 18.7. The highest BCUT2D eigenvalue weighted by molar-refractivity contribution is 9.10. The lowest BCUT2D eigenvalue weighted by Gasteiger charge is -2.09. The number of anilines is 1. The maximum absolute atomic E-state index is 12.2. The average molecular weight is 497 g/mol. The molecule has 156 valence electrons. The van der Waals surface area contributed by atoms with Gasteiger partial charge in [-0.1, -0.05) is 28.1 Å². The molecule has 0 unspecified atom stereocenters. The second-order valence-electron chi connectivity index (χ2n) is 6.89. The van der Waals surface area contributed by atoms with E-state index in [1.807, 2.05) is 24.3 Å². The van der Waals surface area contributed by atoms with Crippen LogP contribution in [0.15, 0.2) is 50.4 Å². The minimum absolute atomic E-state index is 0.420. The maximum atomic E-state index is 12.2. The molecule has 2 aromatic heterocycles. The summed E-state index contributed by atoms with van der Waals surface area (Å²) < 4.78 is 6.64. The van der Waals surface area contributed by atoms with Gasteiger partial charge in [0.05, 0.1) is 11.8 Å². The normalized spacial score (nSPS) is 12.9. The lowest BCUT2D eigenvalue weighted by atomic mass is 9.96. The van der Waals surface area contributed by atoms with Crippen LogP contribution in [-0.2, 0) is 22.4 Å². The highest BCUT2D eigenvalue weighted by Gasteiger charge is 2.23. The molecule has 0 saturated heterocycles. The molecule has 0 spiro atoms. The fourth-order valence-electron chi connectivity index (χ4n) is 3.33. The number of rotatable bonds is 4. The topological polar surface area (TPSA) is 107 Å². The number of fused-ring (bicyclic) bond motifs is 1. The van der Waals surface area contributed by atoms with Crippen LogP contribution in [0.4, 0.5) is 5.00 Å². The second-order valence-corrected chi connectivity index (χ2v) is 8.91. The number of amides is 2. The van der Waals surface area contributed by atoms with E-state index in [0.29, 0.717) is 22.1 Å². The quantitative estimate of drug-likeness (QED) is 0.312. The van der Waals surface area contributed by atoms with Crippen molar-refractivity contribution in [1.82, 2.24) is 5.43 Å². The molecule has 4 rings (SSSR count). The summed E-state index contributed by atoms with van der Waals surface area (Å²) in [4.78, 5) is 25.4. The molecule has 0 radical (unpaired) electrons. The van der Waals surface area contributed by atoms with Gasteiger partial charge in [0.15, 0.2) is 0 Å². The first-order valence-electron chi connectivity index (χ1n) is 9.60. The number of carbonyl (C=O) groups excluding carboxylic acids is 2. The monoisotopic (exact) mass is 496 g/mol. The second kappa shape index (κ2) is 9.29. The third-order valence-electron chi connectivity index (χ3n) is 4.83. The van der Waals surface area contributed by atoms with Gasteiger partial charge in [-0.05, 0) is 55.5 Å². The van der Waals surface area contributed by atoms with Crippen molar-refractivity contribution >= 4 is 50.3 Å². The van der Waals surface area contributed by atoms with Gasteiger partial charge in [0, 0.05) is 14.9 Å². The molecule has 0 saturated carbocycles. The number of benzene rings is 1. The number of nitrogens with zero attached hydrogens (tertiary/aromatic N) is 2. The summed E-state index contributed by atoms with van der Waals surface area (Å²) in [5.74, 6) is -0.714. The maximum Gasteiger partial charge on any atom is 0.329 e. The zero-order valence-electron chi connectivity index (χ0n) is 16.3. The third kappa shape index (κ3) is 4.76. The highest BCUT2D eigenvalue weighted by atomic mass is 79.9. The number of thiophene rings is 1. The van der Waals surface area contributed by atoms with E-state index in [9.17, 15) is 14.9 Å². The Kier molecular flexibility index (Phi) is 6.30. The highest BCUT2D eigenvalue weighted by Crippen LogP contribution is 2.37. The van der Waals surface area contributed by atoms with E-state index < -0.39 is 11.8 Å². The molecule has 1 aliphatic rings. The van der Waals surface area contributed by atoms with Gasteiger partial charge in [-0.2, -0.15) is 10.4 Å². The van der Waals surface area contributed by atoms with Gasteiger partial charge in [-0.3, -0.25) is 9.59 Å². The van der Waals surface area contributed by atoms with E-state index >= 15 is 0 Å². The number of furan rings is 1. The molecule has 0 bridgehead atoms. The first-order chi connectivity index (χ1) is 15.0. The Morgan fingerprint density at radius 1 is 1.13 bits per heavy atom. The van der Waals surface area contributed by atoms with E-state index in [0.717, 1.165) is 46.2 Å². The Balaban J connectivity index is 1.36. The number of hydrogen-bond donors (Lipinski definition) is 2. The molecule has 2 N–H and O–H groups in total. The van der Waals surface area contributed by atoms with Crippen LogP contribution in [0.1, 0.15) is 34.6 Å². The lowest BCUT2D eigenvalue weighted by Crippen LogP contribution is -2.32. The zero-order chi connectivity index (χ0) is 21.8. The number of aryl methyl sites for hydroxylation is 1. The van der Waals surface area contributed by atoms with Crippen LogP contribution < -0.4 is 10.7 Å². The molecule has 0 aliphatic heterocycles. The Bertz CT molecular complexity index is 1200. The molecule has 1 aliphatic carbocycles. The van der Waals surface area contributed by atoms with Crippen molar-refractivity contribution in [3.05, 3.63) is 62.6 Å². The SMILES string of the molecule is N#Cc1c(NC(=O)C(=O)N/N=C/c2ccc(-c3ccc(Br)cc3)o2)sc2c1CCCC2. The van der Waals surface area contributed by atoms with Crippen LogP contribution in [0.2, 0.25) is 0 Å². The summed E-state index contributed by atoms with van der Waals surface area (Å²) in [5, 5.41) is 16.2. The molecular formula is C22H17BrN4O3S. The molecule has 3 aromatic rings. The molecule has 2 amide bonds. The van der Waals surface area contributed by atoms with Gasteiger partial charge in [-0.15, -0.1) is 11.3 Å². The first-order valence-corrected chi connectivity index (χ1v) is 11.2. The van der Waals surface area contributed by atoms with Gasteiger partial charge in [0.2, 0.25) is 0 Å². The largest absolute Gasteiger partial charge is 0.455 e. The predicted octanol–water partition coefficient (Wildman–Crippen LogP) is 4.61. The van der Waals surface area contributed by atoms with E-state index in [4.69, 9.17) is 4.42 Å². The van der Waals surface area contributed by atoms with E-state index in [1.54, 1.807) is 12.1 Å². The third-order valence-corrected chi connectivity index (χ3v) is 6.57. The van der Waals surface area contributed by atoms with E-state index in [2.05, 4.69) is 37.8 Å². The fraction of sp³-hybridized carbons (Fsp3) is 0.182. The summed E-state index contributed by atoms with van der Waals surface area (Å²) in [7, 11) is 0. The summed E-state index contributed by atoms with van der Waals surface area (Å²) >= 11 is 4.75. The number of nitriles is 1. The van der Waals surface area contributed by atoms with Gasteiger partial charge in [0.25, 0.3) is 0 Å². The van der Waals surface area contributed by atoms with Crippen molar-refractivity contribution in [2.24, 2.45) is 5.10 Å². The molecule has 0 atom stereocenters. The molecule has 1 aromatic carbocycles. The van der Waals surface area contributed by atoms with Crippen molar-refractivity contribution in [3.8, 4) is 17.4 Å². The number of hydrogen-bond acceptors (Lipinski definition) is 6. The van der Waals surface area contributed by atoms with Crippen LogP contribution in [0.3, 0.4) is 0 Å². The fourth-order valence-corrected chi connectivity index (χ4v) is 4.83. The Labute approximate surface area is 190 Å². The van der Waals surface area contributed by atoms with Crippen molar-refractivity contribution < 1.29 is 14.0 Å². The molecule has 7 nitrogen and oxygen atoms in total. The standard InChI is InChI=1S/C22H17BrN4O3S/c23-14-7-5-13(6-8-14)18-10-9-15(30-18)12-25-27-21(29)20(28)26-22-17(11-24)16-3-1-2-4-19(16)31-22/h5-10,12H,1-4H2,(H,26,28)(H,27,29)/b25-12+. The number of halogens is 1. The number of nitrogens with one attached hydrogen (secondary N) is 2. The Hall–Kier alpha value is -3.22. The van der Waals surface area contributed by atoms with Gasteiger partial charge < -0.3 is 9.73 Å². The van der Waals surface area contributed by atoms with Crippen LogP contribution in [0, 0.1) is 11.3 Å². The van der Waals surface area contributed by atoms with E-state index in [-0.39, 0.29) is 0 Å². The molecule has 2 heterocycles. The summed E-state index contributed by atoms with van der Waals surface area (Å²) in [6.07, 6.45) is 5.13. The van der Waals surface area contributed by atoms with Crippen molar-refractivity contribution in [1.29, 1.82) is 5.26 Å². The van der Waals surface area contributed by atoms with E-state index in [1.165, 1.54) is 17.6 Å². The van der Waals surface area contributed by atoms with Crippen LogP contribution in [0.5, 0.6) is 0 Å². The Morgan fingerprint density at radius 2 is 1.90 bits per heavy atom. The Morgan fingerprint density at radius 3 is 2.68 bits per heavy atom. The summed E-state index contributed by atoms with van der Waals surface area (Å²) in [5.41, 5.74) is 4.53. The van der Waals surface area contributed by atoms with Crippen LogP contribution in [-0.4, -0.2) is 18.0 Å². The smallest absolute Gasteiger partial charge is 0.329 e. The van der Waals surface area contributed by atoms with Crippen LogP contribution >= 0.6 is 27.3 Å². The first kappa shape index (κ1) is 21.0. The lowest BCUT2D eigenvalue weighted by molar-refractivity contribution is -0.136. The van der Waals surface area contributed by atoms with Gasteiger partial charge in [-0.25, -0.2) is 5.43 Å². The van der Waals surface area contributed by atoms with Crippen molar-refractivity contribution in [2.45, 2.75) is 25.7 Å². The summed E-state index contributed by atoms with van der Waals surface area (Å²) in [6.45, 7) is 0. The van der Waals surface area contributed by atoms with Crippen LogP contribution in [0.25, 0.3) is 11.3 Å².